The number of benzene rings is 3. The van der Waals surface area contributed by atoms with E-state index in [0.717, 1.165) is 40.8 Å². The van der Waals surface area contributed by atoms with Gasteiger partial charge in [0.05, 0.1) is 44.2 Å². The molecule has 0 radical (unpaired) electrons. The lowest BCUT2D eigenvalue weighted by Gasteiger charge is -2.31. The zero-order chi connectivity index (χ0) is 27.8. The van der Waals surface area contributed by atoms with Crippen molar-refractivity contribution in [3.8, 4) is 23.0 Å². The van der Waals surface area contributed by atoms with Crippen LogP contribution in [0.15, 0.2) is 76.0 Å². The molecular weight excluding hydrogens is 524 g/mol. The van der Waals surface area contributed by atoms with Crippen LogP contribution in [0, 0.1) is 0 Å². The molecule has 0 bridgehead atoms. The second kappa shape index (κ2) is 10.7. The maximum atomic E-state index is 14.1. The molecule has 0 spiro atoms. The van der Waals surface area contributed by atoms with Crippen LogP contribution in [-0.2, 0) is 6.42 Å². The van der Waals surface area contributed by atoms with E-state index >= 15 is 0 Å². The van der Waals surface area contributed by atoms with E-state index in [0.29, 0.717) is 38.9 Å². The fourth-order valence-electron chi connectivity index (χ4n) is 5.63. The van der Waals surface area contributed by atoms with Gasteiger partial charge in [-0.05, 0) is 60.7 Å². The summed E-state index contributed by atoms with van der Waals surface area (Å²) in [5, 5.41) is 0. The summed E-state index contributed by atoms with van der Waals surface area (Å²) < 4.78 is 25.1. The number of hydrogen-bond acceptors (Lipinski definition) is 7. The Bertz CT molecular complexity index is 1820. The molecule has 4 aromatic rings. The molecule has 7 nitrogen and oxygen atoms in total. The van der Waals surface area contributed by atoms with Crippen molar-refractivity contribution >= 4 is 23.1 Å². The highest BCUT2D eigenvalue weighted by Crippen LogP contribution is 2.45. The second-order valence-electron chi connectivity index (χ2n) is 9.54. The minimum absolute atomic E-state index is 0.100. The fraction of sp³-hybridized carbons (Fsp3) is 0.250. The molecule has 1 atom stereocenters. The first kappa shape index (κ1) is 26.0. The van der Waals surface area contributed by atoms with Gasteiger partial charge in [0, 0.05) is 11.1 Å². The van der Waals surface area contributed by atoms with Crippen molar-refractivity contribution in [3.63, 3.8) is 0 Å². The molecule has 8 heteroatoms. The Balaban J connectivity index is 1.60. The van der Waals surface area contributed by atoms with Gasteiger partial charge in [-0.2, -0.15) is 0 Å². The lowest BCUT2D eigenvalue weighted by Crippen LogP contribution is -2.39. The zero-order valence-corrected chi connectivity index (χ0v) is 23.7. The van der Waals surface area contributed by atoms with Gasteiger partial charge in [0.1, 0.15) is 0 Å². The molecule has 3 aromatic carbocycles. The highest BCUT2D eigenvalue weighted by Gasteiger charge is 2.34. The first-order valence-electron chi connectivity index (χ1n) is 13.2. The number of ether oxygens (including phenoxy) is 4. The number of fused-ring (bicyclic) bond motifs is 3. The largest absolute Gasteiger partial charge is 0.493 e. The van der Waals surface area contributed by atoms with Crippen LogP contribution >= 0.6 is 11.3 Å². The smallest absolute Gasteiger partial charge is 0.271 e. The van der Waals surface area contributed by atoms with Crippen molar-refractivity contribution < 1.29 is 18.9 Å². The Morgan fingerprint density at radius 2 is 1.77 bits per heavy atom. The predicted octanol–water partition coefficient (Wildman–Crippen LogP) is 4.74. The number of methoxy groups -OCH3 is 3. The van der Waals surface area contributed by atoms with Gasteiger partial charge in [0.2, 0.25) is 0 Å². The lowest BCUT2D eigenvalue weighted by atomic mass is 9.83. The summed E-state index contributed by atoms with van der Waals surface area (Å²) in [4.78, 5) is 19.9. The van der Waals surface area contributed by atoms with Gasteiger partial charge in [-0.1, -0.05) is 53.8 Å². The third kappa shape index (κ3) is 4.29. The Hall–Kier alpha value is -4.30. The van der Waals surface area contributed by atoms with Crippen LogP contribution in [0.5, 0.6) is 23.0 Å². The van der Waals surface area contributed by atoms with E-state index in [1.54, 1.807) is 21.3 Å². The second-order valence-corrected chi connectivity index (χ2v) is 10.5. The molecule has 0 amide bonds. The lowest BCUT2D eigenvalue weighted by molar-refractivity contribution is 0.311. The number of para-hydroxylation sites is 1. The van der Waals surface area contributed by atoms with Crippen molar-refractivity contribution in [1.29, 1.82) is 0 Å². The zero-order valence-electron chi connectivity index (χ0n) is 22.9. The van der Waals surface area contributed by atoms with Crippen LogP contribution in [0.3, 0.4) is 0 Å². The van der Waals surface area contributed by atoms with E-state index in [-0.39, 0.29) is 11.6 Å². The summed E-state index contributed by atoms with van der Waals surface area (Å²) in [5.41, 5.74) is 6.04. The van der Waals surface area contributed by atoms with E-state index in [2.05, 4.69) is 18.2 Å². The van der Waals surface area contributed by atoms with E-state index in [1.807, 2.05) is 60.0 Å². The van der Waals surface area contributed by atoms with Gasteiger partial charge in [-0.15, -0.1) is 0 Å². The van der Waals surface area contributed by atoms with Gasteiger partial charge >= 0.3 is 0 Å². The van der Waals surface area contributed by atoms with E-state index < -0.39 is 0 Å². The topological polar surface area (TPSA) is 71.3 Å². The Labute approximate surface area is 236 Å². The van der Waals surface area contributed by atoms with Crippen LogP contribution in [0.25, 0.3) is 11.8 Å². The monoisotopic (exact) mass is 554 g/mol. The molecule has 1 aromatic heterocycles. The summed E-state index contributed by atoms with van der Waals surface area (Å²) in [6.07, 6.45) is 3.56. The Morgan fingerprint density at radius 3 is 2.55 bits per heavy atom. The van der Waals surface area contributed by atoms with Gasteiger partial charge in [-0.25, -0.2) is 4.99 Å². The predicted molar refractivity (Wildman–Crippen MR) is 156 cm³/mol. The highest BCUT2D eigenvalue weighted by molar-refractivity contribution is 7.07. The van der Waals surface area contributed by atoms with Gasteiger partial charge in [-0.3, -0.25) is 9.36 Å². The summed E-state index contributed by atoms with van der Waals surface area (Å²) in [6.45, 7) is 2.47. The molecule has 1 aliphatic carbocycles. The first-order valence-corrected chi connectivity index (χ1v) is 14.0. The molecule has 0 N–H and O–H groups in total. The fourth-order valence-corrected chi connectivity index (χ4v) is 6.63. The third-order valence-electron chi connectivity index (χ3n) is 7.39. The van der Waals surface area contributed by atoms with E-state index in [9.17, 15) is 4.79 Å². The van der Waals surface area contributed by atoms with E-state index in [1.165, 1.54) is 16.9 Å². The van der Waals surface area contributed by atoms with E-state index in [4.69, 9.17) is 23.9 Å². The molecule has 0 saturated heterocycles. The number of aromatic nitrogens is 1. The molecule has 40 heavy (non-hydrogen) atoms. The van der Waals surface area contributed by atoms with Crippen LogP contribution < -0.4 is 33.8 Å². The molecule has 1 aliphatic heterocycles. The number of thiazole rings is 1. The van der Waals surface area contributed by atoms with Crippen molar-refractivity contribution in [3.05, 3.63) is 108 Å². The SMILES string of the molecule is CCOc1ccc(C=c2sc3n(c2=O)C(c2cccc(OC)c2OC)C2=C(N=3)c3ccccc3CC2)cc1OC. The van der Waals surface area contributed by atoms with Crippen molar-refractivity contribution in [1.82, 2.24) is 4.57 Å². The van der Waals surface area contributed by atoms with Crippen LogP contribution in [-0.4, -0.2) is 32.5 Å². The number of allylic oxidation sites excluding steroid dienone is 1. The minimum Gasteiger partial charge on any atom is -0.493 e. The average Bonchev–Trinajstić information content (AvgIpc) is 3.30. The van der Waals surface area contributed by atoms with Gasteiger partial charge in [0.15, 0.2) is 27.8 Å². The molecule has 1 unspecified atom stereocenters. The number of rotatable bonds is 7. The highest BCUT2D eigenvalue weighted by atomic mass is 32.1. The minimum atomic E-state index is -0.373. The van der Waals surface area contributed by atoms with Crippen molar-refractivity contribution in [2.75, 3.05) is 27.9 Å². The molecule has 6 rings (SSSR count). The first-order chi connectivity index (χ1) is 19.6. The van der Waals surface area contributed by atoms with Crippen molar-refractivity contribution in [2.45, 2.75) is 25.8 Å². The van der Waals surface area contributed by atoms with Gasteiger partial charge < -0.3 is 18.9 Å². The molecule has 204 valence electrons. The van der Waals surface area contributed by atoms with Crippen LogP contribution in [0.4, 0.5) is 0 Å². The number of aryl methyl sites for hydroxylation is 1. The number of nitrogens with zero attached hydrogens (tertiary/aromatic N) is 2. The maximum Gasteiger partial charge on any atom is 0.271 e. The normalized spacial score (nSPS) is 16.0. The summed E-state index contributed by atoms with van der Waals surface area (Å²) in [6, 6.07) is 19.5. The van der Waals surface area contributed by atoms with Gasteiger partial charge in [0.25, 0.3) is 5.56 Å². The molecule has 2 heterocycles. The third-order valence-corrected chi connectivity index (χ3v) is 8.37. The molecule has 2 aliphatic rings. The quantitative estimate of drug-likeness (QED) is 0.330. The van der Waals surface area contributed by atoms with Crippen LogP contribution in [0.1, 0.15) is 41.6 Å². The number of hydrogen-bond donors (Lipinski definition) is 0. The summed E-state index contributed by atoms with van der Waals surface area (Å²) in [7, 11) is 4.87. The summed E-state index contributed by atoms with van der Waals surface area (Å²) >= 11 is 1.39. The van der Waals surface area contributed by atoms with Crippen LogP contribution in [0.2, 0.25) is 0 Å². The summed E-state index contributed by atoms with van der Waals surface area (Å²) in [5.74, 6) is 2.53. The Kier molecular flexibility index (Phi) is 6.94. The molecule has 0 saturated carbocycles. The standard InChI is InChI=1S/C32H30N2O5S/c1-5-39-24-16-13-19(17-26(24)37-3)18-27-31(35)34-29(23-11-8-12-25(36-2)30(23)38-4)22-15-14-20-9-6-7-10-21(20)28(22)33-32(34)40-27/h6-13,16-18,29H,5,14-15H2,1-4H3. The van der Waals surface area contributed by atoms with Crippen molar-refractivity contribution in [2.24, 2.45) is 4.99 Å². The molecule has 0 fully saturated rings. The maximum absolute atomic E-state index is 14.1. The molecular formula is C32H30N2O5S. The average molecular weight is 555 g/mol. The Morgan fingerprint density at radius 1 is 0.950 bits per heavy atom.